The fraction of sp³-hybridized carbons (Fsp3) is 0.625. The molecule has 0 saturated heterocycles. The van der Waals surface area contributed by atoms with Crippen LogP contribution in [0.1, 0.15) is 42.0 Å². The zero-order valence-electron chi connectivity index (χ0n) is 13.4. The Bertz CT molecular complexity index is 632. The predicted octanol–water partition coefficient (Wildman–Crippen LogP) is 2.36. The summed E-state index contributed by atoms with van der Waals surface area (Å²) in [6, 6.07) is 2.00. The molecule has 1 fully saturated rings. The van der Waals surface area contributed by atoms with Crippen molar-refractivity contribution in [2.24, 2.45) is 5.92 Å². The fourth-order valence-corrected chi connectivity index (χ4v) is 4.50. The van der Waals surface area contributed by atoms with E-state index in [1.165, 1.54) is 0 Å². The smallest absolute Gasteiger partial charge is 0.241 e. The van der Waals surface area contributed by atoms with Crippen LogP contribution in [-0.4, -0.2) is 25.7 Å². The Morgan fingerprint density at radius 2 is 1.67 bits per heavy atom. The van der Waals surface area contributed by atoms with Crippen LogP contribution >= 0.6 is 0 Å². The molecule has 0 spiro atoms. The van der Waals surface area contributed by atoms with Gasteiger partial charge in [0.05, 0.1) is 10.5 Å². The van der Waals surface area contributed by atoms with Crippen LogP contribution < -0.4 is 4.72 Å². The van der Waals surface area contributed by atoms with Crippen LogP contribution in [0, 0.1) is 33.6 Å². The van der Waals surface area contributed by atoms with Crippen molar-refractivity contribution in [2.45, 2.75) is 58.0 Å². The summed E-state index contributed by atoms with van der Waals surface area (Å²) in [6.07, 6.45) is 1.94. The van der Waals surface area contributed by atoms with Gasteiger partial charge in [-0.15, -0.1) is 0 Å². The Hall–Kier alpha value is -0.910. The van der Waals surface area contributed by atoms with Gasteiger partial charge in [0.25, 0.3) is 0 Å². The van der Waals surface area contributed by atoms with Gasteiger partial charge in [0.15, 0.2) is 0 Å². The molecule has 1 aromatic carbocycles. The summed E-state index contributed by atoms with van der Waals surface area (Å²) < 4.78 is 27.9. The molecular weight excluding hydrogens is 286 g/mol. The van der Waals surface area contributed by atoms with E-state index in [1.54, 1.807) is 6.92 Å². The topological polar surface area (TPSA) is 66.4 Å². The first-order valence-corrected chi connectivity index (χ1v) is 8.84. The Kier molecular flexibility index (Phi) is 4.21. The van der Waals surface area contributed by atoms with Crippen molar-refractivity contribution in [3.05, 3.63) is 28.3 Å². The van der Waals surface area contributed by atoms with Crippen molar-refractivity contribution in [3.8, 4) is 0 Å². The van der Waals surface area contributed by atoms with E-state index in [0.717, 1.165) is 35.1 Å². The van der Waals surface area contributed by atoms with Crippen LogP contribution in [0.2, 0.25) is 0 Å². The highest BCUT2D eigenvalue weighted by atomic mass is 32.2. The molecular formula is C16H25NO3S. The summed E-state index contributed by atoms with van der Waals surface area (Å²) in [5.74, 6) is 0.210. The molecule has 118 valence electrons. The number of sulfonamides is 1. The van der Waals surface area contributed by atoms with Gasteiger partial charge in [-0.05, 0) is 75.6 Å². The van der Waals surface area contributed by atoms with E-state index >= 15 is 0 Å². The van der Waals surface area contributed by atoms with Gasteiger partial charge in [0.1, 0.15) is 0 Å². The number of benzene rings is 1. The first kappa shape index (κ1) is 16.5. The molecule has 0 heterocycles. The minimum Gasteiger partial charge on any atom is -0.389 e. The molecule has 1 aliphatic rings. The largest absolute Gasteiger partial charge is 0.389 e. The molecule has 4 nitrogen and oxygen atoms in total. The molecule has 0 bridgehead atoms. The van der Waals surface area contributed by atoms with Crippen molar-refractivity contribution >= 4 is 10.0 Å². The van der Waals surface area contributed by atoms with E-state index in [1.807, 2.05) is 33.8 Å². The summed E-state index contributed by atoms with van der Waals surface area (Å²) in [5.41, 5.74) is 2.52. The van der Waals surface area contributed by atoms with Crippen LogP contribution in [0.3, 0.4) is 0 Å². The fourth-order valence-electron chi connectivity index (χ4n) is 2.75. The maximum Gasteiger partial charge on any atom is 0.241 e. The molecule has 0 aromatic heterocycles. The molecule has 1 atom stereocenters. The lowest BCUT2D eigenvalue weighted by atomic mass is 10.0. The monoisotopic (exact) mass is 311 g/mol. The van der Waals surface area contributed by atoms with E-state index in [-0.39, 0.29) is 12.5 Å². The van der Waals surface area contributed by atoms with Gasteiger partial charge in [-0.3, -0.25) is 0 Å². The molecule has 2 rings (SSSR count). The van der Waals surface area contributed by atoms with Gasteiger partial charge < -0.3 is 5.11 Å². The van der Waals surface area contributed by atoms with Gasteiger partial charge in [-0.25, -0.2) is 13.1 Å². The van der Waals surface area contributed by atoms with E-state index < -0.39 is 15.6 Å². The summed E-state index contributed by atoms with van der Waals surface area (Å²) in [6.45, 7) is 9.26. The van der Waals surface area contributed by atoms with Crippen molar-refractivity contribution in [3.63, 3.8) is 0 Å². The van der Waals surface area contributed by atoms with Crippen LogP contribution in [0.25, 0.3) is 0 Å². The highest BCUT2D eigenvalue weighted by Gasteiger charge is 2.40. The van der Waals surface area contributed by atoms with E-state index in [0.29, 0.717) is 4.90 Å². The maximum atomic E-state index is 12.6. The summed E-state index contributed by atoms with van der Waals surface area (Å²) in [5, 5.41) is 10.3. The second kappa shape index (κ2) is 5.38. The van der Waals surface area contributed by atoms with Gasteiger partial charge in [0, 0.05) is 6.54 Å². The second-order valence-electron chi connectivity index (χ2n) is 6.55. The molecule has 2 N–H and O–H groups in total. The molecule has 21 heavy (non-hydrogen) atoms. The van der Waals surface area contributed by atoms with Crippen molar-refractivity contribution < 1.29 is 13.5 Å². The number of hydrogen-bond donors (Lipinski definition) is 2. The molecule has 1 aromatic rings. The first-order valence-electron chi connectivity index (χ1n) is 7.35. The van der Waals surface area contributed by atoms with Crippen molar-refractivity contribution in [1.29, 1.82) is 0 Å². The zero-order chi connectivity index (χ0) is 16.0. The quantitative estimate of drug-likeness (QED) is 0.877. The summed E-state index contributed by atoms with van der Waals surface area (Å²) in [4.78, 5) is 0.353. The standard InChI is InChI=1S/C16H25NO3S/c1-10-8-11(2)13(4)15(12(10)3)21(19,20)17-9-16(5,18)14-6-7-14/h8,14,17-18H,6-7,9H2,1-5H3. The third-order valence-corrected chi connectivity index (χ3v) is 6.32. The lowest BCUT2D eigenvalue weighted by molar-refractivity contribution is 0.0422. The van der Waals surface area contributed by atoms with E-state index in [9.17, 15) is 13.5 Å². The third kappa shape index (κ3) is 3.30. The van der Waals surface area contributed by atoms with Gasteiger partial charge in [0.2, 0.25) is 10.0 Å². The molecule has 1 aliphatic carbocycles. The SMILES string of the molecule is Cc1cc(C)c(C)c(S(=O)(=O)NCC(C)(O)C2CC2)c1C. The number of aryl methyl sites for hydroxylation is 2. The normalized spacial score (nSPS) is 18.6. The number of aliphatic hydroxyl groups is 1. The van der Waals surface area contributed by atoms with Crippen LogP contribution in [0.5, 0.6) is 0 Å². The van der Waals surface area contributed by atoms with Crippen LogP contribution in [-0.2, 0) is 10.0 Å². The van der Waals surface area contributed by atoms with E-state index in [2.05, 4.69) is 4.72 Å². The highest BCUT2D eigenvalue weighted by Crippen LogP contribution is 2.39. The van der Waals surface area contributed by atoms with Crippen molar-refractivity contribution in [1.82, 2.24) is 4.72 Å². The minimum absolute atomic E-state index is 0.0614. The Morgan fingerprint density at radius 1 is 1.19 bits per heavy atom. The average Bonchev–Trinajstić information content (AvgIpc) is 3.19. The summed E-state index contributed by atoms with van der Waals surface area (Å²) in [7, 11) is -3.62. The lowest BCUT2D eigenvalue weighted by Crippen LogP contribution is -2.42. The first-order chi connectivity index (χ1) is 9.56. The van der Waals surface area contributed by atoms with E-state index in [4.69, 9.17) is 0 Å². The predicted molar refractivity (Wildman–Crippen MR) is 83.9 cm³/mol. The minimum atomic E-state index is -3.62. The molecule has 0 aliphatic heterocycles. The molecule has 5 heteroatoms. The second-order valence-corrected chi connectivity index (χ2v) is 8.25. The molecule has 1 saturated carbocycles. The van der Waals surface area contributed by atoms with Crippen LogP contribution in [0.15, 0.2) is 11.0 Å². The Labute approximate surface area is 127 Å². The molecule has 0 radical (unpaired) electrons. The van der Waals surface area contributed by atoms with Gasteiger partial charge >= 0.3 is 0 Å². The number of hydrogen-bond acceptors (Lipinski definition) is 3. The highest BCUT2D eigenvalue weighted by molar-refractivity contribution is 7.89. The average molecular weight is 311 g/mol. The number of rotatable bonds is 5. The van der Waals surface area contributed by atoms with Gasteiger partial charge in [-0.2, -0.15) is 0 Å². The van der Waals surface area contributed by atoms with Gasteiger partial charge in [-0.1, -0.05) is 6.07 Å². The molecule has 0 amide bonds. The molecule has 1 unspecified atom stereocenters. The summed E-state index contributed by atoms with van der Waals surface area (Å²) >= 11 is 0. The number of nitrogens with one attached hydrogen (secondary N) is 1. The maximum absolute atomic E-state index is 12.6. The Balaban J connectivity index is 2.32. The Morgan fingerprint density at radius 3 is 2.10 bits per heavy atom. The lowest BCUT2D eigenvalue weighted by Gasteiger charge is -2.24. The zero-order valence-corrected chi connectivity index (χ0v) is 14.3. The third-order valence-electron chi connectivity index (χ3n) is 4.64. The van der Waals surface area contributed by atoms with Crippen molar-refractivity contribution in [2.75, 3.05) is 6.54 Å². The van der Waals surface area contributed by atoms with Crippen LogP contribution in [0.4, 0.5) is 0 Å².